The van der Waals surface area contributed by atoms with Gasteiger partial charge >= 0.3 is 5.97 Å². The lowest BCUT2D eigenvalue weighted by Crippen LogP contribution is -2.04. The van der Waals surface area contributed by atoms with Gasteiger partial charge in [0.2, 0.25) is 0 Å². The number of rotatable bonds is 1. The Labute approximate surface area is 79.0 Å². The van der Waals surface area contributed by atoms with E-state index in [0.29, 0.717) is 16.7 Å². The second-order valence-corrected chi connectivity index (χ2v) is 2.92. The minimum atomic E-state index is -1.08. The van der Waals surface area contributed by atoms with E-state index < -0.39 is 5.97 Å². The molecule has 0 aliphatic rings. The normalized spacial score (nSPS) is 10.6. The van der Waals surface area contributed by atoms with E-state index in [9.17, 15) is 4.79 Å². The van der Waals surface area contributed by atoms with Crippen molar-refractivity contribution in [3.63, 3.8) is 0 Å². The number of fused-ring (bicyclic) bond motifs is 1. The maximum atomic E-state index is 10.8. The summed E-state index contributed by atoms with van der Waals surface area (Å²) in [5, 5.41) is 8.87. The fraction of sp³-hybridized carbons (Fsp3) is 0.125. The molecule has 2 aromatic rings. The van der Waals surface area contributed by atoms with Crippen molar-refractivity contribution in [3.8, 4) is 0 Å². The first-order valence-corrected chi connectivity index (χ1v) is 3.90. The van der Waals surface area contributed by atoms with Gasteiger partial charge in [0.1, 0.15) is 17.4 Å². The molecule has 2 heterocycles. The van der Waals surface area contributed by atoms with Gasteiger partial charge in [0.15, 0.2) is 5.69 Å². The van der Waals surface area contributed by atoms with Gasteiger partial charge in [0.25, 0.3) is 0 Å². The third-order valence-electron chi connectivity index (χ3n) is 1.98. The van der Waals surface area contributed by atoms with E-state index >= 15 is 0 Å². The van der Waals surface area contributed by atoms with Crippen LogP contribution in [0.1, 0.15) is 10.5 Å². The van der Waals surface area contributed by atoms with Crippen molar-refractivity contribution in [1.82, 2.24) is 14.5 Å². The summed E-state index contributed by atoms with van der Waals surface area (Å²) >= 11 is 0. The minimum absolute atomic E-state index is 0.0331. The Morgan fingerprint density at radius 2 is 2.29 bits per heavy atom. The number of aromatic carboxylic acids is 1. The van der Waals surface area contributed by atoms with Gasteiger partial charge in [-0.1, -0.05) is 0 Å². The van der Waals surface area contributed by atoms with Crippen LogP contribution in [0, 0.1) is 0 Å². The van der Waals surface area contributed by atoms with E-state index in [1.54, 1.807) is 17.8 Å². The number of carboxylic acids is 1. The molecule has 0 bridgehead atoms. The van der Waals surface area contributed by atoms with E-state index in [1.807, 2.05) is 0 Å². The molecule has 6 heteroatoms. The Kier molecular flexibility index (Phi) is 1.63. The van der Waals surface area contributed by atoms with Gasteiger partial charge in [0, 0.05) is 13.2 Å². The van der Waals surface area contributed by atoms with Crippen LogP contribution in [0.15, 0.2) is 12.5 Å². The standard InChI is InChI=1S/C8H8N4O2/c1-12-2-4(9)5-7(12)6(8(13)14)11-3-10-5/h2-3H,9H2,1H3,(H,13,14). The van der Waals surface area contributed by atoms with Crippen LogP contribution in [-0.2, 0) is 7.05 Å². The highest BCUT2D eigenvalue weighted by Crippen LogP contribution is 2.21. The van der Waals surface area contributed by atoms with Crippen molar-refractivity contribution >= 4 is 22.7 Å². The maximum Gasteiger partial charge on any atom is 0.356 e. The Morgan fingerprint density at radius 3 is 2.93 bits per heavy atom. The lowest BCUT2D eigenvalue weighted by atomic mass is 10.3. The molecule has 0 spiro atoms. The van der Waals surface area contributed by atoms with Crippen LogP contribution < -0.4 is 5.73 Å². The first kappa shape index (κ1) is 8.49. The van der Waals surface area contributed by atoms with Gasteiger partial charge in [-0.15, -0.1) is 0 Å². The van der Waals surface area contributed by atoms with Crippen LogP contribution in [0.2, 0.25) is 0 Å². The van der Waals surface area contributed by atoms with Crippen molar-refractivity contribution in [2.24, 2.45) is 7.05 Å². The summed E-state index contributed by atoms with van der Waals surface area (Å²) in [5.74, 6) is -1.08. The number of hydrogen-bond donors (Lipinski definition) is 2. The lowest BCUT2D eigenvalue weighted by molar-refractivity contribution is 0.0692. The predicted molar refractivity (Wildman–Crippen MR) is 49.9 cm³/mol. The van der Waals surface area contributed by atoms with Crippen LogP contribution in [-0.4, -0.2) is 25.6 Å². The Morgan fingerprint density at radius 1 is 1.57 bits per heavy atom. The van der Waals surface area contributed by atoms with E-state index in [-0.39, 0.29) is 5.69 Å². The van der Waals surface area contributed by atoms with Crippen LogP contribution >= 0.6 is 0 Å². The molecule has 0 radical (unpaired) electrons. The van der Waals surface area contributed by atoms with E-state index in [1.165, 1.54) is 6.33 Å². The van der Waals surface area contributed by atoms with Gasteiger partial charge < -0.3 is 15.4 Å². The average molecular weight is 192 g/mol. The summed E-state index contributed by atoms with van der Waals surface area (Å²) < 4.78 is 1.61. The molecule has 0 saturated heterocycles. The molecular weight excluding hydrogens is 184 g/mol. The van der Waals surface area contributed by atoms with Crippen LogP contribution in [0.4, 0.5) is 5.69 Å². The smallest absolute Gasteiger partial charge is 0.356 e. The molecule has 0 atom stereocenters. The molecule has 3 N–H and O–H groups in total. The topological polar surface area (TPSA) is 94.0 Å². The zero-order valence-electron chi connectivity index (χ0n) is 7.43. The van der Waals surface area contributed by atoms with Gasteiger partial charge in [-0.2, -0.15) is 0 Å². The molecule has 0 saturated carbocycles. The SMILES string of the molecule is Cn1cc(N)c2ncnc(C(=O)O)c21. The summed E-state index contributed by atoms with van der Waals surface area (Å²) in [5.41, 5.74) is 6.97. The molecule has 6 nitrogen and oxygen atoms in total. The third-order valence-corrected chi connectivity index (χ3v) is 1.98. The van der Waals surface area contributed by atoms with Gasteiger partial charge in [0.05, 0.1) is 5.69 Å². The van der Waals surface area contributed by atoms with E-state index in [4.69, 9.17) is 10.8 Å². The summed E-state index contributed by atoms with van der Waals surface area (Å²) in [4.78, 5) is 18.4. The molecular formula is C8H8N4O2. The first-order chi connectivity index (χ1) is 6.61. The Balaban J connectivity index is 2.92. The highest BCUT2D eigenvalue weighted by Gasteiger charge is 2.15. The number of carbonyl (C=O) groups is 1. The Bertz CT molecular complexity index is 517. The zero-order valence-corrected chi connectivity index (χ0v) is 7.43. The second-order valence-electron chi connectivity index (χ2n) is 2.92. The first-order valence-electron chi connectivity index (χ1n) is 3.90. The van der Waals surface area contributed by atoms with Crippen LogP contribution in [0.3, 0.4) is 0 Å². The van der Waals surface area contributed by atoms with Crippen LogP contribution in [0.5, 0.6) is 0 Å². The molecule has 0 aromatic carbocycles. The number of nitrogens with two attached hydrogens (primary N) is 1. The van der Waals surface area contributed by atoms with Crippen LogP contribution in [0.25, 0.3) is 11.0 Å². The quantitative estimate of drug-likeness (QED) is 0.675. The second kappa shape index (κ2) is 2.69. The molecule has 0 aliphatic heterocycles. The molecule has 2 aromatic heterocycles. The van der Waals surface area contributed by atoms with Crippen molar-refractivity contribution in [2.75, 3.05) is 5.73 Å². The number of anilines is 1. The fourth-order valence-electron chi connectivity index (χ4n) is 1.41. The largest absolute Gasteiger partial charge is 0.476 e. The summed E-state index contributed by atoms with van der Waals surface area (Å²) in [6, 6.07) is 0. The highest BCUT2D eigenvalue weighted by atomic mass is 16.4. The molecule has 2 rings (SSSR count). The third kappa shape index (κ3) is 1.00. The minimum Gasteiger partial charge on any atom is -0.476 e. The van der Waals surface area contributed by atoms with Crippen molar-refractivity contribution in [3.05, 3.63) is 18.2 Å². The molecule has 72 valence electrons. The van der Waals surface area contributed by atoms with E-state index in [0.717, 1.165) is 0 Å². The molecule has 0 unspecified atom stereocenters. The number of carboxylic acid groups (broad SMARTS) is 1. The number of nitrogens with zero attached hydrogens (tertiary/aromatic N) is 3. The highest BCUT2D eigenvalue weighted by molar-refractivity contribution is 6.02. The summed E-state index contributed by atoms with van der Waals surface area (Å²) in [6.45, 7) is 0. The number of aromatic nitrogens is 3. The molecule has 0 aliphatic carbocycles. The van der Waals surface area contributed by atoms with Gasteiger partial charge in [-0.05, 0) is 0 Å². The molecule has 0 fully saturated rings. The monoisotopic (exact) mass is 192 g/mol. The number of nitrogen functional groups attached to an aromatic ring is 1. The van der Waals surface area contributed by atoms with Gasteiger partial charge in [-0.25, -0.2) is 14.8 Å². The predicted octanol–water partition coefficient (Wildman–Crippen LogP) is 0.249. The fourth-order valence-corrected chi connectivity index (χ4v) is 1.41. The van der Waals surface area contributed by atoms with Crippen molar-refractivity contribution in [2.45, 2.75) is 0 Å². The van der Waals surface area contributed by atoms with E-state index in [2.05, 4.69) is 9.97 Å². The summed E-state index contributed by atoms with van der Waals surface area (Å²) in [6.07, 6.45) is 2.81. The molecule has 0 amide bonds. The average Bonchev–Trinajstić information content (AvgIpc) is 2.43. The van der Waals surface area contributed by atoms with Gasteiger partial charge in [-0.3, -0.25) is 0 Å². The summed E-state index contributed by atoms with van der Waals surface area (Å²) in [7, 11) is 1.70. The lowest BCUT2D eigenvalue weighted by Gasteiger charge is -1.98. The molecule has 14 heavy (non-hydrogen) atoms. The number of hydrogen-bond acceptors (Lipinski definition) is 4. The zero-order chi connectivity index (χ0) is 10.3. The van der Waals surface area contributed by atoms with Crippen molar-refractivity contribution in [1.29, 1.82) is 0 Å². The number of aryl methyl sites for hydroxylation is 1. The van der Waals surface area contributed by atoms with Crippen molar-refractivity contribution < 1.29 is 9.90 Å². The Hall–Kier alpha value is -2.11. The maximum absolute atomic E-state index is 10.8.